The van der Waals surface area contributed by atoms with E-state index in [1.807, 2.05) is 0 Å². The van der Waals surface area contributed by atoms with Crippen molar-refractivity contribution in [1.29, 1.82) is 0 Å². The van der Waals surface area contributed by atoms with Crippen LogP contribution < -0.4 is 10.5 Å². The van der Waals surface area contributed by atoms with Gasteiger partial charge < -0.3 is 10.5 Å². The fraction of sp³-hybridized carbons (Fsp3) is 0. The quantitative estimate of drug-likeness (QED) is 0.868. The van der Waals surface area contributed by atoms with Crippen molar-refractivity contribution in [3.8, 4) is 11.6 Å². The Kier molecular flexibility index (Phi) is 3.47. The number of halogens is 2. The van der Waals surface area contributed by atoms with Gasteiger partial charge in [0.2, 0.25) is 5.88 Å². The van der Waals surface area contributed by atoms with E-state index in [1.165, 1.54) is 18.3 Å². The van der Waals surface area contributed by atoms with Gasteiger partial charge >= 0.3 is 0 Å². The Bertz CT molecular complexity index is 587. The number of pyridine rings is 1. The van der Waals surface area contributed by atoms with Crippen LogP contribution in [-0.2, 0) is 0 Å². The van der Waals surface area contributed by atoms with Gasteiger partial charge in [-0.1, -0.05) is 12.2 Å². The van der Waals surface area contributed by atoms with Crippen molar-refractivity contribution >= 4 is 17.2 Å². The maximum Gasteiger partial charge on any atom is 0.219 e. The maximum atomic E-state index is 13.3. The van der Waals surface area contributed by atoms with Gasteiger partial charge in [0.25, 0.3) is 0 Å². The van der Waals surface area contributed by atoms with Gasteiger partial charge in [-0.2, -0.15) is 0 Å². The third kappa shape index (κ3) is 2.78. The summed E-state index contributed by atoms with van der Waals surface area (Å²) in [5, 5.41) is 0. The number of hydrogen-bond acceptors (Lipinski definition) is 3. The van der Waals surface area contributed by atoms with Crippen LogP contribution in [-0.4, -0.2) is 9.97 Å². The minimum Gasteiger partial charge on any atom is -0.436 e. The summed E-state index contributed by atoms with van der Waals surface area (Å²) in [6, 6.07) is 6.12. The molecule has 0 amide bonds. The number of nitrogens with two attached hydrogens (primary N) is 1. The maximum absolute atomic E-state index is 13.3. The molecule has 1 aromatic carbocycles. The topological polar surface area (TPSA) is 48.1 Å². The minimum atomic E-state index is -0.796. The van der Waals surface area contributed by atoms with Crippen LogP contribution in [0.1, 0.15) is 5.56 Å². The number of rotatable bonds is 3. The Balaban J connectivity index is 2.21. The first-order chi connectivity index (χ1) is 8.56. The van der Waals surface area contributed by atoms with Crippen LogP contribution >= 0.6 is 12.2 Å². The molecule has 0 saturated carbocycles. The zero-order valence-corrected chi connectivity index (χ0v) is 9.88. The fourth-order valence-corrected chi connectivity index (χ4v) is 1.38. The van der Waals surface area contributed by atoms with Gasteiger partial charge in [-0.05, 0) is 18.2 Å². The molecular formula is C12H8F2N2OS. The van der Waals surface area contributed by atoms with Crippen molar-refractivity contribution in [2.24, 2.45) is 5.73 Å². The number of thiocarbonyl (C=S) groups is 1. The van der Waals surface area contributed by atoms with E-state index < -0.39 is 11.6 Å². The molecule has 0 aliphatic rings. The summed E-state index contributed by atoms with van der Waals surface area (Å²) < 4.78 is 31.2. The van der Waals surface area contributed by atoms with Crippen LogP contribution in [0.2, 0.25) is 0 Å². The van der Waals surface area contributed by atoms with Crippen molar-refractivity contribution in [2.45, 2.75) is 0 Å². The van der Waals surface area contributed by atoms with Gasteiger partial charge in [0, 0.05) is 23.9 Å². The number of nitrogens with zero attached hydrogens (tertiary/aromatic N) is 1. The van der Waals surface area contributed by atoms with Gasteiger partial charge in [-0.15, -0.1) is 0 Å². The van der Waals surface area contributed by atoms with E-state index in [1.54, 1.807) is 6.07 Å². The largest absolute Gasteiger partial charge is 0.436 e. The molecule has 0 spiro atoms. The first-order valence-corrected chi connectivity index (χ1v) is 5.36. The second kappa shape index (κ2) is 5.05. The summed E-state index contributed by atoms with van der Waals surface area (Å²) >= 11 is 4.77. The second-order valence-electron chi connectivity index (χ2n) is 3.43. The smallest absolute Gasteiger partial charge is 0.219 e. The highest BCUT2D eigenvalue weighted by Gasteiger charge is 2.07. The first kappa shape index (κ1) is 12.4. The molecule has 3 nitrogen and oxygen atoms in total. The van der Waals surface area contributed by atoms with E-state index in [0.29, 0.717) is 5.56 Å². The molecule has 0 aliphatic carbocycles. The molecule has 0 aliphatic heterocycles. The van der Waals surface area contributed by atoms with Crippen LogP contribution in [0.3, 0.4) is 0 Å². The highest BCUT2D eigenvalue weighted by Crippen LogP contribution is 2.23. The molecule has 1 aromatic heterocycles. The van der Waals surface area contributed by atoms with Gasteiger partial charge in [0.05, 0.1) is 0 Å². The van der Waals surface area contributed by atoms with E-state index in [9.17, 15) is 8.78 Å². The molecule has 0 atom stereocenters. The molecule has 0 bridgehead atoms. The average molecular weight is 266 g/mol. The zero-order chi connectivity index (χ0) is 13.1. The SMILES string of the molecule is NC(=S)c1ccc(Oc2ccc(F)cc2F)nc1. The van der Waals surface area contributed by atoms with Crippen molar-refractivity contribution in [3.63, 3.8) is 0 Å². The third-order valence-electron chi connectivity index (χ3n) is 2.13. The lowest BCUT2D eigenvalue weighted by molar-refractivity contribution is 0.423. The van der Waals surface area contributed by atoms with Gasteiger partial charge in [-0.25, -0.2) is 13.8 Å². The predicted molar refractivity (Wildman–Crippen MR) is 66.6 cm³/mol. The summed E-state index contributed by atoms with van der Waals surface area (Å²) in [6.45, 7) is 0. The monoisotopic (exact) mass is 266 g/mol. The molecule has 2 rings (SSSR count). The number of hydrogen-bond donors (Lipinski definition) is 1. The van der Waals surface area contributed by atoms with Crippen LogP contribution in [0.4, 0.5) is 8.78 Å². The van der Waals surface area contributed by atoms with E-state index in [-0.39, 0.29) is 16.6 Å². The third-order valence-corrected chi connectivity index (χ3v) is 2.37. The first-order valence-electron chi connectivity index (χ1n) is 4.95. The molecule has 2 N–H and O–H groups in total. The van der Waals surface area contributed by atoms with E-state index in [2.05, 4.69) is 4.98 Å². The lowest BCUT2D eigenvalue weighted by Gasteiger charge is -2.06. The lowest BCUT2D eigenvalue weighted by atomic mass is 10.3. The Morgan fingerprint density at radius 3 is 2.56 bits per heavy atom. The summed E-state index contributed by atoms with van der Waals surface area (Å²) in [5.74, 6) is -1.40. The summed E-state index contributed by atoms with van der Waals surface area (Å²) in [5.41, 5.74) is 5.99. The Labute approximate surface area is 107 Å². The molecule has 2 aromatic rings. The van der Waals surface area contributed by atoms with Crippen LogP contribution in [0, 0.1) is 11.6 Å². The van der Waals surface area contributed by atoms with E-state index in [0.717, 1.165) is 12.1 Å². The van der Waals surface area contributed by atoms with E-state index in [4.69, 9.17) is 22.7 Å². The highest BCUT2D eigenvalue weighted by atomic mass is 32.1. The van der Waals surface area contributed by atoms with E-state index >= 15 is 0 Å². The lowest BCUT2D eigenvalue weighted by Crippen LogP contribution is -2.09. The molecule has 6 heteroatoms. The van der Waals surface area contributed by atoms with Crippen molar-refractivity contribution in [2.75, 3.05) is 0 Å². The number of ether oxygens (including phenoxy) is 1. The van der Waals surface area contributed by atoms with Crippen molar-refractivity contribution < 1.29 is 13.5 Å². The van der Waals surface area contributed by atoms with Crippen molar-refractivity contribution in [3.05, 3.63) is 53.7 Å². The van der Waals surface area contributed by atoms with Gasteiger partial charge in [0.1, 0.15) is 10.8 Å². The average Bonchev–Trinajstić information content (AvgIpc) is 2.33. The molecule has 0 saturated heterocycles. The van der Waals surface area contributed by atoms with Crippen LogP contribution in [0.15, 0.2) is 36.5 Å². The van der Waals surface area contributed by atoms with Gasteiger partial charge in [-0.3, -0.25) is 0 Å². The summed E-state index contributed by atoms with van der Waals surface area (Å²) in [6.07, 6.45) is 1.42. The molecule has 1 heterocycles. The molecule has 0 unspecified atom stereocenters. The summed E-state index contributed by atoms with van der Waals surface area (Å²) in [4.78, 5) is 4.12. The normalized spacial score (nSPS) is 10.1. The minimum absolute atomic E-state index is 0.105. The fourth-order valence-electron chi connectivity index (χ4n) is 1.26. The van der Waals surface area contributed by atoms with Crippen LogP contribution in [0.25, 0.3) is 0 Å². The van der Waals surface area contributed by atoms with Crippen LogP contribution in [0.5, 0.6) is 11.6 Å². The molecule has 0 fully saturated rings. The Morgan fingerprint density at radius 1 is 1.22 bits per heavy atom. The zero-order valence-electron chi connectivity index (χ0n) is 9.06. The summed E-state index contributed by atoms with van der Waals surface area (Å²) in [7, 11) is 0. The predicted octanol–water partition coefficient (Wildman–Crippen LogP) is 2.79. The molecule has 92 valence electrons. The highest BCUT2D eigenvalue weighted by molar-refractivity contribution is 7.80. The van der Waals surface area contributed by atoms with Gasteiger partial charge in [0.15, 0.2) is 11.6 Å². The molecule has 18 heavy (non-hydrogen) atoms. The van der Waals surface area contributed by atoms with Crippen molar-refractivity contribution in [1.82, 2.24) is 4.98 Å². The standard InChI is InChI=1S/C12H8F2N2OS/c13-8-2-3-10(9(14)5-8)17-11-4-1-7(6-16-11)12(15)18/h1-6H,(H2,15,18). The number of aromatic nitrogens is 1. The number of benzene rings is 1. The Hall–Kier alpha value is -2.08. The molecular weight excluding hydrogens is 258 g/mol. The second-order valence-corrected chi connectivity index (χ2v) is 3.87. The Morgan fingerprint density at radius 2 is 2.00 bits per heavy atom. The molecule has 0 radical (unpaired) electrons.